The van der Waals surface area contributed by atoms with Crippen molar-refractivity contribution in [2.75, 3.05) is 0 Å². The van der Waals surface area contributed by atoms with Crippen LogP contribution in [0.2, 0.25) is 0 Å². The van der Waals surface area contributed by atoms with Gasteiger partial charge in [0.1, 0.15) is 5.69 Å². The molecule has 0 spiro atoms. The van der Waals surface area contributed by atoms with Crippen LogP contribution in [0.4, 0.5) is 0 Å². The highest BCUT2D eigenvalue weighted by Gasteiger charge is 2.16. The zero-order chi connectivity index (χ0) is 17.6. The molecule has 3 rings (SSSR count). The molecule has 0 radical (unpaired) electrons. The standard InChI is InChI=1S/C18H22N4OS/c1-10(2)22-15(9-13(5)20-22)17(23)19-18-21(6)14-7-11(3)12(4)8-16(14)24-18/h7-10H,1-6H3. The monoisotopic (exact) mass is 342 g/mol. The summed E-state index contributed by atoms with van der Waals surface area (Å²) in [4.78, 5) is 17.7. The smallest absolute Gasteiger partial charge is 0.297 e. The van der Waals surface area contributed by atoms with E-state index in [0.29, 0.717) is 10.5 Å². The van der Waals surface area contributed by atoms with Gasteiger partial charge in [-0.2, -0.15) is 10.1 Å². The first-order valence-electron chi connectivity index (χ1n) is 8.00. The van der Waals surface area contributed by atoms with E-state index in [1.54, 1.807) is 10.7 Å². The Morgan fingerprint density at radius 3 is 2.50 bits per heavy atom. The second kappa shape index (κ2) is 6.02. The average molecular weight is 342 g/mol. The molecule has 0 aliphatic rings. The van der Waals surface area contributed by atoms with Gasteiger partial charge in [-0.3, -0.25) is 9.48 Å². The van der Waals surface area contributed by atoms with Crippen LogP contribution in [0.3, 0.4) is 0 Å². The highest BCUT2D eigenvalue weighted by molar-refractivity contribution is 7.16. The number of aryl methyl sites for hydroxylation is 4. The van der Waals surface area contributed by atoms with Gasteiger partial charge in [0.2, 0.25) is 0 Å². The molecule has 1 aromatic carbocycles. The van der Waals surface area contributed by atoms with Gasteiger partial charge in [0.25, 0.3) is 5.91 Å². The number of aromatic nitrogens is 3. The third-order valence-electron chi connectivity index (χ3n) is 4.19. The summed E-state index contributed by atoms with van der Waals surface area (Å²) >= 11 is 1.54. The molecule has 1 amide bonds. The summed E-state index contributed by atoms with van der Waals surface area (Å²) in [6.07, 6.45) is 0. The van der Waals surface area contributed by atoms with Crippen LogP contribution in [0.25, 0.3) is 10.2 Å². The van der Waals surface area contributed by atoms with E-state index in [9.17, 15) is 4.79 Å². The van der Waals surface area contributed by atoms with E-state index in [4.69, 9.17) is 0 Å². The fourth-order valence-corrected chi connectivity index (χ4v) is 3.80. The van der Waals surface area contributed by atoms with Crippen molar-refractivity contribution in [3.8, 4) is 0 Å². The average Bonchev–Trinajstić information content (AvgIpc) is 3.03. The molecule has 0 aliphatic carbocycles. The van der Waals surface area contributed by atoms with Crippen molar-refractivity contribution in [2.24, 2.45) is 12.0 Å². The number of carbonyl (C=O) groups is 1. The van der Waals surface area contributed by atoms with E-state index in [2.05, 4.69) is 36.1 Å². The predicted molar refractivity (Wildman–Crippen MR) is 97.5 cm³/mol. The maximum Gasteiger partial charge on any atom is 0.297 e. The molecule has 0 N–H and O–H groups in total. The second-order valence-electron chi connectivity index (χ2n) is 6.47. The number of carbonyl (C=O) groups excluding carboxylic acids is 1. The summed E-state index contributed by atoms with van der Waals surface area (Å²) in [5.74, 6) is -0.250. The van der Waals surface area contributed by atoms with Crippen molar-refractivity contribution >= 4 is 27.5 Å². The van der Waals surface area contributed by atoms with Gasteiger partial charge in [-0.05, 0) is 63.9 Å². The molecule has 0 aliphatic heterocycles. The summed E-state index contributed by atoms with van der Waals surface area (Å²) in [6.45, 7) is 10.1. The molecular weight excluding hydrogens is 320 g/mol. The quantitative estimate of drug-likeness (QED) is 0.713. The van der Waals surface area contributed by atoms with Crippen molar-refractivity contribution in [1.29, 1.82) is 0 Å². The summed E-state index contributed by atoms with van der Waals surface area (Å²) in [7, 11) is 1.95. The number of hydrogen-bond acceptors (Lipinski definition) is 3. The third kappa shape index (κ3) is 2.82. The number of benzene rings is 1. The van der Waals surface area contributed by atoms with E-state index in [1.807, 2.05) is 32.4 Å². The van der Waals surface area contributed by atoms with Crippen LogP contribution in [-0.4, -0.2) is 20.3 Å². The molecule has 2 heterocycles. The first kappa shape index (κ1) is 16.6. The molecule has 126 valence electrons. The van der Waals surface area contributed by atoms with Gasteiger partial charge in [0, 0.05) is 13.1 Å². The fourth-order valence-electron chi connectivity index (χ4n) is 2.70. The molecule has 0 unspecified atom stereocenters. The zero-order valence-electron chi connectivity index (χ0n) is 14.9. The molecule has 3 aromatic rings. The van der Waals surface area contributed by atoms with Gasteiger partial charge < -0.3 is 4.57 Å². The summed E-state index contributed by atoms with van der Waals surface area (Å²) in [6, 6.07) is 6.22. The minimum Gasteiger partial charge on any atom is -0.319 e. The Morgan fingerprint density at radius 2 is 1.83 bits per heavy atom. The number of nitrogens with zero attached hydrogens (tertiary/aromatic N) is 4. The SMILES string of the molecule is Cc1cc(C(=O)N=c2sc3cc(C)c(C)cc3n2C)n(C(C)C)n1. The van der Waals surface area contributed by atoms with E-state index >= 15 is 0 Å². The maximum atomic E-state index is 12.7. The second-order valence-corrected chi connectivity index (χ2v) is 7.48. The number of fused-ring (bicyclic) bond motifs is 1. The van der Waals surface area contributed by atoms with Gasteiger partial charge in [0.15, 0.2) is 4.80 Å². The van der Waals surface area contributed by atoms with Gasteiger partial charge in [0.05, 0.1) is 15.9 Å². The van der Waals surface area contributed by atoms with E-state index in [1.165, 1.54) is 22.5 Å². The van der Waals surface area contributed by atoms with Crippen LogP contribution >= 0.6 is 11.3 Å². The lowest BCUT2D eigenvalue weighted by Gasteiger charge is -2.07. The topological polar surface area (TPSA) is 52.2 Å². The largest absolute Gasteiger partial charge is 0.319 e. The Hall–Kier alpha value is -2.21. The number of rotatable bonds is 2. The normalized spacial score (nSPS) is 12.5. The Bertz CT molecular complexity index is 1000. The predicted octanol–water partition coefficient (Wildman–Crippen LogP) is 3.68. The molecule has 6 heteroatoms. The summed E-state index contributed by atoms with van der Waals surface area (Å²) in [5.41, 5.74) is 4.95. The lowest BCUT2D eigenvalue weighted by molar-refractivity contribution is 0.0986. The highest BCUT2D eigenvalue weighted by atomic mass is 32.1. The minimum absolute atomic E-state index is 0.120. The molecular formula is C18H22N4OS. The Morgan fingerprint density at radius 1 is 1.17 bits per heavy atom. The Labute approximate surface area is 145 Å². The van der Waals surface area contributed by atoms with Crippen LogP contribution < -0.4 is 4.80 Å². The lowest BCUT2D eigenvalue weighted by Crippen LogP contribution is -2.16. The van der Waals surface area contributed by atoms with Crippen LogP contribution in [0, 0.1) is 20.8 Å². The van der Waals surface area contributed by atoms with E-state index in [-0.39, 0.29) is 11.9 Å². The van der Waals surface area contributed by atoms with Gasteiger partial charge in [-0.1, -0.05) is 11.3 Å². The first-order chi connectivity index (χ1) is 11.3. The van der Waals surface area contributed by atoms with Crippen LogP contribution in [0.5, 0.6) is 0 Å². The van der Waals surface area contributed by atoms with Crippen molar-refractivity contribution in [1.82, 2.24) is 14.3 Å². The molecule has 2 aromatic heterocycles. The molecule has 5 nitrogen and oxygen atoms in total. The van der Waals surface area contributed by atoms with Gasteiger partial charge in [-0.25, -0.2) is 0 Å². The Balaban J connectivity index is 2.13. The lowest BCUT2D eigenvalue weighted by atomic mass is 10.1. The number of amides is 1. The van der Waals surface area contributed by atoms with Crippen molar-refractivity contribution in [2.45, 2.75) is 40.7 Å². The molecule has 0 saturated carbocycles. The number of thiazole rings is 1. The van der Waals surface area contributed by atoms with Crippen molar-refractivity contribution in [3.05, 3.63) is 45.5 Å². The molecule has 0 saturated heterocycles. The molecule has 24 heavy (non-hydrogen) atoms. The summed E-state index contributed by atoms with van der Waals surface area (Å²) < 4.78 is 4.86. The first-order valence-corrected chi connectivity index (χ1v) is 8.81. The van der Waals surface area contributed by atoms with Gasteiger partial charge >= 0.3 is 0 Å². The fraction of sp³-hybridized carbons (Fsp3) is 0.389. The Kier molecular flexibility index (Phi) is 4.17. The van der Waals surface area contributed by atoms with Gasteiger partial charge in [-0.15, -0.1) is 0 Å². The minimum atomic E-state index is -0.250. The maximum absolute atomic E-state index is 12.7. The third-order valence-corrected chi connectivity index (χ3v) is 5.28. The van der Waals surface area contributed by atoms with Crippen LogP contribution in [0.1, 0.15) is 47.2 Å². The summed E-state index contributed by atoms with van der Waals surface area (Å²) in [5, 5.41) is 4.39. The zero-order valence-corrected chi connectivity index (χ0v) is 15.7. The van der Waals surface area contributed by atoms with Crippen molar-refractivity contribution in [3.63, 3.8) is 0 Å². The molecule has 0 atom stereocenters. The molecule has 0 bridgehead atoms. The van der Waals surface area contributed by atoms with E-state index in [0.717, 1.165) is 15.9 Å². The molecule has 0 fully saturated rings. The number of hydrogen-bond donors (Lipinski definition) is 0. The van der Waals surface area contributed by atoms with Crippen LogP contribution in [0.15, 0.2) is 23.2 Å². The highest BCUT2D eigenvalue weighted by Crippen LogP contribution is 2.21. The van der Waals surface area contributed by atoms with Crippen molar-refractivity contribution < 1.29 is 4.79 Å². The van der Waals surface area contributed by atoms with E-state index < -0.39 is 0 Å². The van der Waals surface area contributed by atoms with Crippen LogP contribution in [-0.2, 0) is 7.05 Å².